The normalized spacial score (nSPS) is 10.4. The van der Waals surface area contributed by atoms with Crippen molar-refractivity contribution in [1.82, 2.24) is 9.88 Å². The van der Waals surface area contributed by atoms with E-state index in [4.69, 9.17) is 5.73 Å². The summed E-state index contributed by atoms with van der Waals surface area (Å²) in [5, 5.41) is 2.91. The van der Waals surface area contributed by atoms with Crippen molar-refractivity contribution in [2.75, 3.05) is 6.54 Å². The second-order valence-corrected chi connectivity index (χ2v) is 4.54. The van der Waals surface area contributed by atoms with E-state index < -0.39 is 0 Å². The minimum absolute atomic E-state index is 0.0569. The molecule has 0 fully saturated rings. The van der Waals surface area contributed by atoms with E-state index in [9.17, 15) is 4.79 Å². The minimum Gasteiger partial charge on any atom is -0.347 e. The van der Waals surface area contributed by atoms with Crippen molar-refractivity contribution in [2.45, 2.75) is 13.0 Å². The third-order valence-corrected chi connectivity index (χ3v) is 3.09. The average Bonchev–Trinajstić information content (AvgIpc) is 2.84. The van der Waals surface area contributed by atoms with Crippen LogP contribution in [0.5, 0.6) is 0 Å². The molecule has 1 aromatic carbocycles. The van der Waals surface area contributed by atoms with Gasteiger partial charge in [-0.1, -0.05) is 24.3 Å². The van der Waals surface area contributed by atoms with E-state index in [0.717, 1.165) is 12.0 Å². The molecule has 0 unspecified atom stereocenters. The van der Waals surface area contributed by atoms with Crippen LogP contribution in [0.4, 0.5) is 0 Å². The summed E-state index contributed by atoms with van der Waals surface area (Å²) >= 11 is 0. The molecule has 0 radical (unpaired) electrons. The molecule has 0 spiro atoms. The van der Waals surface area contributed by atoms with Gasteiger partial charge in [-0.25, -0.2) is 0 Å². The van der Waals surface area contributed by atoms with Gasteiger partial charge in [0.1, 0.15) is 5.69 Å². The number of aromatic nitrogens is 1. The topological polar surface area (TPSA) is 60.0 Å². The van der Waals surface area contributed by atoms with E-state index >= 15 is 0 Å². The Morgan fingerprint density at radius 3 is 2.47 bits per heavy atom. The molecule has 2 aromatic rings. The zero-order chi connectivity index (χ0) is 13.7. The number of hydrogen-bond donors (Lipinski definition) is 2. The largest absolute Gasteiger partial charge is 0.347 e. The molecule has 0 bridgehead atoms. The Labute approximate surface area is 113 Å². The van der Waals surface area contributed by atoms with Crippen molar-refractivity contribution in [1.29, 1.82) is 0 Å². The molecule has 0 aliphatic carbocycles. The van der Waals surface area contributed by atoms with E-state index in [1.54, 1.807) is 10.6 Å². The fraction of sp³-hybridized carbons (Fsp3) is 0.267. The van der Waals surface area contributed by atoms with Gasteiger partial charge in [-0.05, 0) is 36.2 Å². The Balaban J connectivity index is 1.92. The highest BCUT2D eigenvalue weighted by molar-refractivity contribution is 5.92. The summed E-state index contributed by atoms with van der Waals surface area (Å²) in [6.45, 7) is 1.19. The fourth-order valence-corrected chi connectivity index (χ4v) is 1.96. The van der Waals surface area contributed by atoms with Crippen LogP contribution in [-0.4, -0.2) is 17.0 Å². The van der Waals surface area contributed by atoms with Crippen LogP contribution < -0.4 is 11.1 Å². The quantitative estimate of drug-likeness (QED) is 0.852. The lowest BCUT2D eigenvalue weighted by molar-refractivity contribution is 0.0943. The number of hydrogen-bond acceptors (Lipinski definition) is 2. The first-order chi connectivity index (χ1) is 9.20. The molecule has 2 rings (SSSR count). The molecular formula is C15H19N3O. The summed E-state index contributed by atoms with van der Waals surface area (Å²) in [5.74, 6) is -0.0569. The average molecular weight is 257 g/mol. The second-order valence-electron chi connectivity index (χ2n) is 4.54. The number of nitrogens with zero attached hydrogens (tertiary/aromatic N) is 1. The molecule has 0 aliphatic rings. The first-order valence-electron chi connectivity index (χ1n) is 6.38. The molecule has 19 heavy (non-hydrogen) atoms. The zero-order valence-corrected chi connectivity index (χ0v) is 11.1. The first-order valence-corrected chi connectivity index (χ1v) is 6.38. The summed E-state index contributed by atoms with van der Waals surface area (Å²) < 4.78 is 1.81. The fourth-order valence-electron chi connectivity index (χ4n) is 1.96. The summed E-state index contributed by atoms with van der Waals surface area (Å²) in [5.41, 5.74) is 8.48. The van der Waals surface area contributed by atoms with Gasteiger partial charge in [0, 0.05) is 19.8 Å². The number of nitrogens with one attached hydrogen (secondary N) is 1. The predicted octanol–water partition coefficient (Wildman–Crippen LogP) is 1.46. The van der Waals surface area contributed by atoms with Crippen LogP contribution in [0.2, 0.25) is 0 Å². The molecule has 0 saturated heterocycles. The van der Waals surface area contributed by atoms with Gasteiger partial charge in [0.15, 0.2) is 0 Å². The van der Waals surface area contributed by atoms with Crippen LogP contribution in [0.25, 0.3) is 0 Å². The number of aryl methyl sites for hydroxylation is 1. The highest BCUT2D eigenvalue weighted by Gasteiger charge is 2.07. The summed E-state index contributed by atoms with van der Waals surface area (Å²) in [4.78, 5) is 11.9. The smallest absolute Gasteiger partial charge is 0.268 e. The Kier molecular flexibility index (Phi) is 4.36. The number of carbonyl (C=O) groups is 1. The third-order valence-electron chi connectivity index (χ3n) is 3.09. The monoisotopic (exact) mass is 257 g/mol. The molecule has 4 heteroatoms. The van der Waals surface area contributed by atoms with E-state index in [-0.39, 0.29) is 5.91 Å². The molecule has 0 aliphatic heterocycles. The maximum Gasteiger partial charge on any atom is 0.268 e. The molecular weight excluding hydrogens is 238 g/mol. The Morgan fingerprint density at radius 2 is 1.89 bits per heavy atom. The van der Waals surface area contributed by atoms with Crippen LogP contribution >= 0.6 is 0 Å². The van der Waals surface area contributed by atoms with Gasteiger partial charge in [0.05, 0.1) is 0 Å². The van der Waals surface area contributed by atoms with E-state index in [2.05, 4.69) is 17.4 Å². The van der Waals surface area contributed by atoms with Crippen molar-refractivity contribution < 1.29 is 4.79 Å². The van der Waals surface area contributed by atoms with E-state index in [1.807, 2.05) is 31.4 Å². The maximum atomic E-state index is 11.9. The van der Waals surface area contributed by atoms with Gasteiger partial charge >= 0.3 is 0 Å². The third kappa shape index (κ3) is 3.45. The van der Waals surface area contributed by atoms with Crippen molar-refractivity contribution in [2.24, 2.45) is 12.8 Å². The van der Waals surface area contributed by atoms with Crippen molar-refractivity contribution in [3.05, 3.63) is 59.4 Å². The zero-order valence-electron chi connectivity index (χ0n) is 11.1. The van der Waals surface area contributed by atoms with Crippen molar-refractivity contribution >= 4 is 5.91 Å². The lowest BCUT2D eigenvalue weighted by Gasteiger charge is -2.07. The van der Waals surface area contributed by atoms with Gasteiger partial charge in [-0.2, -0.15) is 0 Å². The van der Waals surface area contributed by atoms with E-state index in [1.165, 1.54) is 5.56 Å². The van der Waals surface area contributed by atoms with Crippen LogP contribution in [0, 0.1) is 0 Å². The number of amides is 1. The second kappa shape index (κ2) is 6.20. The number of benzene rings is 1. The molecule has 1 amide bonds. The van der Waals surface area contributed by atoms with Gasteiger partial charge in [-0.3, -0.25) is 4.79 Å². The van der Waals surface area contributed by atoms with Gasteiger partial charge in [-0.15, -0.1) is 0 Å². The van der Waals surface area contributed by atoms with Crippen LogP contribution in [0.3, 0.4) is 0 Å². The molecule has 0 saturated carbocycles. The van der Waals surface area contributed by atoms with Crippen LogP contribution in [-0.2, 0) is 20.0 Å². The van der Waals surface area contributed by atoms with E-state index in [0.29, 0.717) is 18.8 Å². The van der Waals surface area contributed by atoms with Gasteiger partial charge in [0.2, 0.25) is 0 Å². The van der Waals surface area contributed by atoms with Crippen molar-refractivity contribution in [3.8, 4) is 0 Å². The standard InChI is InChI=1S/C15H19N3O/c1-18-10-2-3-14(18)15(19)17-11-13-6-4-12(5-7-13)8-9-16/h2-7,10H,8-9,11,16H2,1H3,(H,17,19). The molecule has 0 atom stereocenters. The molecule has 1 heterocycles. The van der Waals surface area contributed by atoms with Crippen molar-refractivity contribution in [3.63, 3.8) is 0 Å². The predicted molar refractivity (Wildman–Crippen MR) is 75.8 cm³/mol. The molecule has 3 N–H and O–H groups in total. The minimum atomic E-state index is -0.0569. The van der Waals surface area contributed by atoms with Gasteiger partial charge < -0.3 is 15.6 Å². The van der Waals surface area contributed by atoms with Crippen LogP contribution in [0.15, 0.2) is 42.6 Å². The summed E-state index contributed by atoms with van der Waals surface area (Å²) in [6, 6.07) is 11.8. The summed E-state index contributed by atoms with van der Waals surface area (Å²) in [7, 11) is 1.86. The number of nitrogens with two attached hydrogens (primary N) is 1. The Bertz CT molecular complexity index is 543. The highest BCUT2D eigenvalue weighted by Crippen LogP contribution is 2.05. The maximum absolute atomic E-state index is 11.9. The van der Waals surface area contributed by atoms with Crippen LogP contribution in [0.1, 0.15) is 21.6 Å². The Morgan fingerprint density at radius 1 is 1.21 bits per heavy atom. The SMILES string of the molecule is Cn1cccc1C(=O)NCc1ccc(CCN)cc1. The Hall–Kier alpha value is -2.07. The number of carbonyl (C=O) groups excluding carboxylic acids is 1. The van der Waals surface area contributed by atoms with Gasteiger partial charge in [0.25, 0.3) is 5.91 Å². The highest BCUT2D eigenvalue weighted by atomic mass is 16.1. The number of rotatable bonds is 5. The molecule has 1 aromatic heterocycles. The first kappa shape index (κ1) is 13.4. The lowest BCUT2D eigenvalue weighted by Crippen LogP contribution is -2.24. The molecule has 100 valence electrons. The lowest BCUT2D eigenvalue weighted by atomic mass is 10.1. The molecule has 4 nitrogen and oxygen atoms in total. The summed E-state index contributed by atoms with van der Waals surface area (Å²) in [6.07, 6.45) is 2.74.